The minimum absolute atomic E-state index is 0.138. The smallest absolute Gasteiger partial charge is 0.251 e. The number of carbonyl (C=O) groups is 1. The van der Waals surface area contributed by atoms with Gasteiger partial charge in [0.05, 0.1) is 11.4 Å². The highest BCUT2D eigenvalue weighted by molar-refractivity contribution is 7.89. The number of para-hydroxylation sites is 2. The Kier molecular flexibility index (Phi) is 6.17. The lowest BCUT2D eigenvalue weighted by Crippen LogP contribution is -2.47. The Morgan fingerprint density at radius 2 is 1.81 bits per heavy atom. The van der Waals surface area contributed by atoms with Gasteiger partial charge in [-0.15, -0.1) is 0 Å². The van der Waals surface area contributed by atoms with E-state index < -0.39 is 10.0 Å². The van der Waals surface area contributed by atoms with Crippen LogP contribution in [0.4, 0.5) is 0 Å². The summed E-state index contributed by atoms with van der Waals surface area (Å²) in [5.74, 6) is 0.988. The maximum Gasteiger partial charge on any atom is 0.251 e. The Labute approximate surface area is 182 Å². The van der Waals surface area contributed by atoms with E-state index >= 15 is 0 Å². The number of sulfonamides is 1. The molecule has 0 saturated carbocycles. The summed E-state index contributed by atoms with van der Waals surface area (Å²) in [5.41, 5.74) is 1.05. The SMILES string of the molecule is Cc1ccc(S(=O)(=O)N2CCN(C)CC2)cc1C(=O)NC[C@@H]1COc2ccccc2O1. The summed E-state index contributed by atoms with van der Waals surface area (Å²) in [4.78, 5) is 15.1. The third-order valence-electron chi connectivity index (χ3n) is 5.61. The van der Waals surface area contributed by atoms with Gasteiger partial charge in [0.2, 0.25) is 10.0 Å². The first-order chi connectivity index (χ1) is 14.8. The number of fused-ring (bicyclic) bond motifs is 1. The van der Waals surface area contributed by atoms with Crippen LogP contribution in [0.3, 0.4) is 0 Å². The largest absolute Gasteiger partial charge is 0.486 e. The van der Waals surface area contributed by atoms with Crippen molar-refractivity contribution in [1.29, 1.82) is 0 Å². The Morgan fingerprint density at radius 1 is 1.10 bits per heavy atom. The summed E-state index contributed by atoms with van der Waals surface area (Å²) in [5, 5.41) is 2.85. The number of amides is 1. The van der Waals surface area contributed by atoms with Crippen LogP contribution in [0.15, 0.2) is 47.4 Å². The van der Waals surface area contributed by atoms with Gasteiger partial charge < -0.3 is 19.7 Å². The molecule has 8 nitrogen and oxygen atoms in total. The fourth-order valence-corrected chi connectivity index (χ4v) is 5.10. The number of nitrogens with zero attached hydrogens (tertiary/aromatic N) is 2. The molecule has 2 aromatic rings. The summed E-state index contributed by atoms with van der Waals surface area (Å²) in [6.45, 7) is 4.62. The summed E-state index contributed by atoms with van der Waals surface area (Å²) in [7, 11) is -1.67. The molecule has 1 saturated heterocycles. The van der Waals surface area contributed by atoms with Crippen LogP contribution in [-0.2, 0) is 10.0 Å². The van der Waals surface area contributed by atoms with E-state index in [9.17, 15) is 13.2 Å². The molecule has 0 radical (unpaired) electrons. The molecule has 1 N–H and O–H groups in total. The first kappa shape index (κ1) is 21.6. The van der Waals surface area contributed by atoms with Crippen LogP contribution in [0.5, 0.6) is 11.5 Å². The maximum absolute atomic E-state index is 13.0. The molecule has 31 heavy (non-hydrogen) atoms. The molecule has 0 aliphatic carbocycles. The molecule has 2 aliphatic heterocycles. The van der Waals surface area contributed by atoms with E-state index in [1.165, 1.54) is 10.4 Å². The van der Waals surface area contributed by atoms with Crippen molar-refractivity contribution in [3.63, 3.8) is 0 Å². The van der Waals surface area contributed by atoms with Gasteiger partial charge in [-0.25, -0.2) is 8.42 Å². The molecule has 0 bridgehead atoms. The molecule has 2 aromatic carbocycles. The fraction of sp³-hybridized carbons (Fsp3) is 0.409. The second-order valence-electron chi connectivity index (χ2n) is 7.89. The van der Waals surface area contributed by atoms with Crippen LogP contribution in [0.25, 0.3) is 0 Å². The molecule has 0 aromatic heterocycles. The van der Waals surface area contributed by atoms with Gasteiger partial charge >= 0.3 is 0 Å². The second-order valence-corrected chi connectivity index (χ2v) is 9.83. The standard InChI is InChI=1S/C22H27N3O5S/c1-16-7-8-18(31(27,28)25-11-9-24(2)10-12-25)13-19(16)22(26)23-14-17-15-29-20-5-3-4-6-21(20)30-17/h3-8,13,17H,9-12,14-15H2,1-2H3,(H,23,26)/t17-/m1/s1. The van der Waals surface area contributed by atoms with Gasteiger partial charge in [0.25, 0.3) is 5.91 Å². The van der Waals surface area contributed by atoms with Gasteiger partial charge in [-0.3, -0.25) is 4.79 Å². The molecule has 0 unspecified atom stereocenters. The summed E-state index contributed by atoms with van der Waals surface area (Å²) in [6.07, 6.45) is -0.323. The average Bonchev–Trinajstić information content (AvgIpc) is 2.77. The number of carbonyl (C=O) groups excluding carboxylic acids is 1. The van der Waals surface area contributed by atoms with E-state index in [4.69, 9.17) is 9.47 Å². The number of hydrogen-bond acceptors (Lipinski definition) is 6. The zero-order chi connectivity index (χ0) is 22.0. The minimum atomic E-state index is -3.65. The van der Waals surface area contributed by atoms with Crippen molar-refractivity contribution in [2.45, 2.75) is 17.9 Å². The normalized spacial score (nSPS) is 19.7. The molecule has 1 fully saturated rings. The van der Waals surface area contributed by atoms with Crippen molar-refractivity contribution in [3.05, 3.63) is 53.6 Å². The van der Waals surface area contributed by atoms with Crippen molar-refractivity contribution in [3.8, 4) is 11.5 Å². The van der Waals surface area contributed by atoms with Crippen molar-refractivity contribution in [1.82, 2.24) is 14.5 Å². The maximum atomic E-state index is 13.0. The molecule has 4 rings (SSSR count). The van der Waals surface area contributed by atoms with E-state index in [-0.39, 0.29) is 23.5 Å². The van der Waals surface area contributed by atoms with E-state index in [0.29, 0.717) is 55.4 Å². The Morgan fingerprint density at radius 3 is 2.55 bits per heavy atom. The molecule has 2 aliphatic rings. The summed E-state index contributed by atoms with van der Waals surface area (Å²) < 4.78 is 39.1. The van der Waals surface area contributed by atoms with Crippen molar-refractivity contribution < 1.29 is 22.7 Å². The molecule has 1 amide bonds. The second kappa shape index (κ2) is 8.86. The molecular formula is C22H27N3O5S. The van der Waals surface area contributed by atoms with Crippen molar-refractivity contribution >= 4 is 15.9 Å². The van der Waals surface area contributed by atoms with Crippen LogP contribution in [-0.4, -0.2) is 76.0 Å². The van der Waals surface area contributed by atoms with Gasteiger partial charge in [0.1, 0.15) is 12.7 Å². The first-order valence-electron chi connectivity index (χ1n) is 10.3. The quantitative estimate of drug-likeness (QED) is 0.751. The highest BCUT2D eigenvalue weighted by Crippen LogP contribution is 2.30. The Hall–Kier alpha value is -2.62. The number of hydrogen-bond donors (Lipinski definition) is 1. The summed E-state index contributed by atoms with van der Waals surface area (Å²) >= 11 is 0. The van der Waals surface area contributed by atoms with Gasteiger partial charge in [-0.1, -0.05) is 18.2 Å². The van der Waals surface area contributed by atoms with Crippen LogP contribution in [0, 0.1) is 6.92 Å². The van der Waals surface area contributed by atoms with Crippen LogP contribution >= 0.6 is 0 Å². The van der Waals surface area contributed by atoms with E-state index in [2.05, 4.69) is 10.2 Å². The highest BCUT2D eigenvalue weighted by Gasteiger charge is 2.28. The van der Waals surface area contributed by atoms with Crippen molar-refractivity contribution in [2.75, 3.05) is 46.4 Å². The number of piperazine rings is 1. The fourth-order valence-electron chi connectivity index (χ4n) is 3.65. The van der Waals surface area contributed by atoms with E-state index in [1.54, 1.807) is 19.1 Å². The van der Waals surface area contributed by atoms with Gasteiger partial charge in [-0.05, 0) is 43.8 Å². The lowest BCUT2D eigenvalue weighted by molar-refractivity contribution is 0.0788. The average molecular weight is 446 g/mol. The molecule has 9 heteroatoms. The first-order valence-corrected chi connectivity index (χ1v) is 11.7. The third-order valence-corrected chi connectivity index (χ3v) is 7.51. The van der Waals surface area contributed by atoms with Gasteiger partial charge in [-0.2, -0.15) is 4.31 Å². The van der Waals surface area contributed by atoms with Gasteiger partial charge in [0.15, 0.2) is 11.5 Å². The predicted molar refractivity (Wildman–Crippen MR) is 116 cm³/mol. The Balaban J connectivity index is 1.44. The molecular weight excluding hydrogens is 418 g/mol. The van der Waals surface area contributed by atoms with Crippen LogP contribution in [0.2, 0.25) is 0 Å². The topological polar surface area (TPSA) is 88.2 Å². The predicted octanol–water partition coefficient (Wildman–Crippen LogP) is 1.50. The van der Waals surface area contributed by atoms with Crippen LogP contribution in [0.1, 0.15) is 15.9 Å². The molecule has 1 atom stereocenters. The van der Waals surface area contributed by atoms with Crippen molar-refractivity contribution in [2.24, 2.45) is 0 Å². The number of benzene rings is 2. The number of nitrogens with one attached hydrogen (secondary N) is 1. The minimum Gasteiger partial charge on any atom is -0.486 e. The lowest BCUT2D eigenvalue weighted by Gasteiger charge is -2.31. The Bertz CT molecular complexity index is 1060. The summed E-state index contributed by atoms with van der Waals surface area (Å²) in [6, 6.07) is 12.1. The third kappa shape index (κ3) is 4.68. The lowest BCUT2D eigenvalue weighted by atomic mass is 10.1. The van der Waals surface area contributed by atoms with Gasteiger partial charge in [0, 0.05) is 31.7 Å². The zero-order valence-corrected chi connectivity index (χ0v) is 18.5. The number of likely N-dealkylation sites (N-methyl/N-ethyl adjacent to an activating group) is 1. The molecule has 2 heterocycles. The van der Waals surface area contributed by atoms with E-state index in [1.807, 2.05) is 31.3 Å². The van der Waals surface area contributed by atoms with Crippen LogP contribution < -0.4 is 14.8 Å². The zero-order valence-electron chi connectivity index (χ0n) is 17.7. The van der Waals surface area contributed by atoms with E-state index in [0.717, 1.165) is 0 Å². The monoisotopic (exact) mass is 445 g/mol. The number of rotatable bonds is 5. The number of aryl methyl sites for hydroxylation is 1. The number of ether oxygens (including phenoxy) is 2. The highest BCUT2D eigenvalue weighted by atomic mass is 32.2. The molecule has 0 spiro atoms. The molecule has 166 valence electrons.